The second-order valence-electron chi connectivity index (χ2n) is 8.50. The van der Waals surface area contributed by atoms with Crippen molar-refractivity contribution in [3.8, 4) is 22.3 Å². The molecule has 0 N–H and O–H groups in total. The molecule has 4 rings (SSSR count). The maximum atomic E-state index is 15.0. The third-order valence-corrected chi connectivity index (χ3v) is 6.36. The SMILES string of the molecule is C=Cc1ccc(-c2ccc(-c3ccc(C4CCC(CCC)CO4)c(F)c3F)c(F)c2F)cc1. The maximum Gasteiger partial charge on any atom is 0.167 e. The Morgan fingerprint density at radius 3 is 2.03 bits per heavy atom. The molecule has 1 nitrogen and oxygen atoms in total. The average Bonchev–Trinajstić information content (AvgIpc) is 2.84. The summed E-state index contributed by atoms with van der Waals surface area (Å²) in [5.74, 6) is -4.17. The number of ether oxygens (including phenoxy) is 1. The van der Waals surface area contributed by atoms with E-state index in [2.05, 4.69) is 13.5 Å². The van der Waals surface area contributed by atoms with E-state index in [1.54, 1.807) is 30.3 Å². The second kappa shape index (κ2) is 9.92. The fourth-order valence-electron chi connectivity index (χ4n) is 4.49. The van der Waals surface area contributed by atoms with Crippen molar-refractivity contribution in [2.24, 2.45) is 5.92 Å². The topological polar surface area (TPSA) is 9.23 Å². The van der Waals surface area contributed by atoms with E-state index in [-0.39, 0.29) is 22.3 Å². The van der Waals surface area contributed by atoms with Crippen LogP contribution in [0.25, 0.3) is 28.3 Å². The van der Waals surface area contributed by atoms with E-state index in [1.807, 2.05) is 0 Å². The molecule has 5 heteroatoms. The van der Waals surface area contributed by atoms with Crippen LogP contribution < -0.4 is 0 Å². The van der Waals surface area contributed by atoms with Gasteiger partial charge in [0.05, 0.1) is 12.7 Å². The van der Waals surface area contributed by atoms with Gasteiger partial charge < -0.3 is 4.74 Å². The largest absolute Gasteiger partial charge is 0.373 e. The zero-order valence-corrected chi connectivity index (χ0v) is 18.5. The summed E-state index contributed by atoms with van der Waals surface area (Å²) in [5, 5.41) is 0. The first-order chi connectivity index (χ1) is 15.9. The minimum Gasteiger partial charge on any atom is -0.373 e. The fraction of sp³-hybridized carbons (Fsp3) is 0.286. The Morgan fingerprint density at radius 1 is 0.818 bits per heavy atom. The molecule has 2 unspecified atom stereocenters. The van der Waals surface area contributed by atoms with Gasteiger partial charge in [-0.25, -0.2) is 17.6 Å². The van der Waals surface area contributed by atoms with Crippen molar-refractivity contribution in [2.75, 3.05) is 6.61 Å². The molecular formula is C28H26F4O. The van der Waals surface area contributed by atoms with E-state index >= 15 is 0 Å². The van der Waals surface area contributed by atoms with Gasteiger partial charge in [-0.05, 0) is 36.3 Å². The molecule has 0 amide bonds. The highest BCUT2D eigenvalue weighted by molar-refractivity contribution is 5.73. The summed E-state index contributed by atoms with van der Waals surface area (Å²) < 4.78 is 65.6. The summed E-state index contributed by atoms with van der Waals surface area (Å²) in [6, 6.07) is 12.1. The Morgan fingerprint density at radius 2 is 1.42 bits per heavy atom. The molecule has 0 aromatic heterocycles. The summed E-state index contributed by atoms with van der Waals surface area (Å²) in [6.07, 6.45) is 4.69. The van der Waals surface area contributed by atoms with Gasteiger partial charge in [0.25, 0.3) is 0 Å². The lowest BCUT2D eigenvalue weighted by molar-refractivity contribution is -0.0214. The van der Waals surface area contributed by atoms with Crippen molar-refractivity contribution in [2.45, 2.75) is 38.7 Å². The first kappa shape index (κ1) is 23.2. The molecule has 1 aliphatic rings. The van der Waals surface area contributed by atoms with Crippen LogP contribution in [0.5, 0.6) is 0 Å². The van der Waals surface area contributed by atoms with Gasteiger partial charge in [0, 0.05) is 22.3 Å². The predicted molar refractivity (Wildman–Crippen MR) is 124 cm³/mol. The molecule has 0 spiro atoms. The normalized spacial score (nSPS) is 18.3. The lowest BCUT2D eigenvalue weighted by atomic mass is 9.90. The molecule has 1 fully saturated rings. The van der Waals surface area contributed by atoms with Crippen LogP contribution in [-0.4, -0.2) is 6.61 Å². The smallest absolute Gasteiger partial charge is 0.167 e. The Bertz CT molecular complexity index is 1150. The summed E-state index contributed by atoms with van der Waals surface area (Å²) in [4.78, 5) is 0. The van der Waals surface area contributed by atoms with Crippen LogP contribution in [0.1, 0.15) is 49.8 Å². The van der Waals surface area contributed by atoms with Gasteiger partial charge in [-0.2, -0.15) is 0 Å². The zero-order valence-electron chi connectivity index (χ0n) is 18.5. The first-order valence-electron chi connectivity index (χ1n) is 11.2. The quantitative estimate of drug-likeness (QED) is 0.339. The Hall–Kier alpha value is -2.92. The average molecular weight is 455 g/mol. The summed E-state index contributed by atoms with van der Waals surface area (Å²) in [6.45, 7) is 6.28. The van der Waals surface area contributed by atoms with Gasteiger partial charge in [-0.1, -0.05) is 74.5 Å². The third-order valence-electron chi connectivity index (χ3n) is 6.36. The molecule has 33 heavy (non-hydrogen) atoms. The van der Waals surface area contributed by atoms with Gasteiger partial charge in [0.1, 0.15) is 0 Å². The van der Waals surface area contributed by atoms with Crippen LogP contribution >= 0.6 is 0 Å². The van der Waals surface area contributed by atoms with Crippen molar-refractivity contribution >= 4 is 6.08 Å². The fourth-order valence-corrected chi connectivity index (χ4v) is 4.49. The number of hydrogen-bond acceptors (Lipinski definition) is 1. The van der Waals surface area contributed by atoms with E-state index in [1.165, 1.54) is 24.3 Å². The second-order valence-corrected chi connectivity index (χ2v) is 8.50. The third kappa shape index (κ3) is 4.60. The minimum absolute atomic E-state index is 0.0431. The van der Waals surface area contributed by atoms with Crippen LogP contribution in [0, 0.1) is 29.2 Å². The maximum absolute atomic E-state index is 15.0. The molecule has 0 radical (unpaired) electrons. The van der Waals surface area contributed by atoms with Crippen LogP contribution in [0.15, 0.2) is 55.1 Å². The lowest BCUT2D eigenvalue weighted by Gasteiger charge is -2.29. The molecule has 2 atom stereocenters. The molecule has 0 bridgehead atoms. The minimum atomic E-state index is -1.22. The Kier molecular flexibility index (Phi) is 6.99. The summed E-state index contributed by atoms with van der Waals surface area (Å²) in [5.41, 5.74) is 0.834. The van der Waals surface area contributed by atoms with Gasteiger partial charge in [0.15, 0.2) is 23.3 Å². The predicted octanol–water partition coefficient (Wildman–Crippen LogP) is 8.49. The molecule has 1 saturated heterocycles. The van der Waals surface area contributed by atoms with Crippen LogP contribution in [-0.2, 0) is 4.74 Å². The highest BCUT2D eigenvalue weighted by Crippen LogP contribution is 2.38. The van der Waals surface area contributed by atoms with Crippen LogP contribution in [0.3, 0.4) is 0 Å². The highest BCUT2D eigenvalue weighted by Gasteiger charge is 2.28. The van der Waals surface area contributed by atoms with Gasteiger partial charge in [0.2, 0.25) is 0 Å². The number of halogens is 4. The van der Waals surface area contributed by atoms with Crippen LogP contribution in [0.2, 0.25) is 0 Å². The van der Waals surface area contributed by atoms with Crippen molar-refractivity contribution in [3.63, 3.8) is 0 Å². The van der Waals surface area contributed by atoms with E-state index < -0.39 is 29.4 Å². The molecule has 3 aromatic carbocycles. The Balaban J connectivity index is 1.63. The molecule has 3 aromatic rings. The molecule has 0 aliphatic carbocycles. The van der Waals surface area contributed by atoms with Crippen LogP contribution in [0.4, 0.5) is 17.6 Å². The summed E-state index contributed by atoms with van der Waals surface area (Å²) >= 11 is 0. The molecular weight excluding hydrogens is 428 g/mol. The zero-order chi connectivity index (χ0) is 23.5. The number of hydrogen-bond donors (Lipinski definition) is 0. The molecule has 1 aliphatic heterocycles. The van der Waals surface area contributed by atoms with E-state index in [0.717, 1.165) is 24.8 Å². The van der Waals surface area contributed by atoms with Crippen molar-refractivity contribution in [3.05, 3.63) is 89.5 Å². The Labute approximate surface area is 191 Å². The molecule has 0 saturated carbocycles. The standard InChI is InChI=1S/C28H26F4O/c1-3-5-18-8-15-24(33-16-18)23-14-13-22(27(31)28(23)32)21-12-11-20(25(29)26(21)30)19-9-6-17(4-2)7-10-19/h4,6-7,9-14,18,24H,2-3,5,8,15-16H2,1H3. The van der Waals surface area contributed by atoms with E-state index in [4.69, 9.17) is 4.74 Å². The summed E-state index contributed by atoms with van der Waals surface area (Å²) in [7, 11) is 0. The molecule has 172 valence electrons. The highest BCUT2D eigenvalue weighted by atomic mass is 19.2. The van der Waals surface area contributed by atoms with Crippen molar-refractivity contribution in [1.82, 2.24) is 0 Å². The first-order valence-corrected chi connectivity index (χ1v) is 11.2. The van der Waals surface area contributed by atoms with Crippen molar-refractivity contribution in [1.29, 1.82) is 0 Å². The van der Waals surface area contributed by atoms with E-state index in [9.17, 15) is 17.6 Å². The van der Waals surface area contributed by atoms with Crippen molar-refractivity contribution < 1.29 is 22.3 Å². The van der Waals surface area contributed by atoms with E-state index in [0.29, 0.717) is 24.5 Å². The van der Waals surface area contributed by atoms with Gasteiger partial charge in [-0.15, -0.1) is 0 Å². The number of benzene rings is 3. The number of rotatable bonds is 6. The van der Waals surface area contributed by atoms with Gasteiger partial charge in [-0.3, -0.25) is 0 Å². The van der Waals surface area contributed by atoms with Gasteiger partial charge >= 0.3 is 0 Å². The monoisotopic (exact) mass is 454 g/mol. The lowest BCUT2D eigenvalue weighted by Crippen LogP contribution is -2.21. The molecule has 1 heterocycles.